The second kappa shape index (κ2) is 5.97. The number of hydrogen-bond acceptors (Lipinski definition) is 2. The van der Waals surface area contributed by atoms with Gasteiger partial charge in [-0.25, -0.2) is 0 Å². The van der Waals surface area contributed by atoms with Gasteiger partial charge in [-0.3, -0.25) is 4.79 Å². The summed E-state index contributed by atoms with van der Waals surface area (Å²) < 4.78 is 5.40. The molecule has 0 saturated carbocycles. The Kier molecular flexibility index (Phi) is 5.71. The lowest BCUT2D eigenvalue weighted by molar-refractivity contribution is -0.133. The van der Waals surface area contributed by atoms with Crippen molar-refractivity contribution in [2.45, 2.75) is 33.6 Å². The van der Waals surface area contributed by atoms with Gasteiger partial charge in [0.2, 0.25) is 5.91 Å². The van der Waals surface area contributed by atoms with E-state index in [2.05, 4.69) is 12.2 Å². The Hall–Kier alpha value is -0.570. The highest BCUT2D eigenvalue weighted by Crippen LogP contribution is 2.21. The average Bonchev–Trinajstić information content (AvgIpc) is 2.16. The van der Waals surface area contributed by atoms with Crippen molar-refractivity contribution in [3.05, 3.63) is 0 Å². The van der Waals surface area contributed by atoms with Gasteiger partial charge in [0.15, 0.2) is 0 Å². The molecule has 0 rings (SSSR count). The Morgan fingerprint density at radius 3 is 2.46 bits per heavy atom. The number of carbonyl (C=O) groups excluding carboxylic acids is 1. The normalized spacial score (nSPS) is 15.1. The molecular weight excluding hydrogens is 166 g/mol. The van der Waals surface area contributed by atoms with Crippen molar-refractivity contribution in [1.82, 2.24) is 5.32 Å². The number of rotatable bonds is 6. The van der Waals surface area contributed by atoms with E-state index in [-0.39, 0.29) is 11.3 Å². The molecular formula is C10H21NO2. The van der Waals surface area contributed by atoms with Gasteiger partial charge < -0.3 is 10.1 Å². The predicted molar refractivity (Wildman–Crippen MR) is 53.6 cm³/mol. The summed E-state index contributed by atoms with van der Waals surface area (Å²) in [5.74, 6) is 0.0612. The summed E-state index contributed by atoms with van der Waals surface area (Å²) in [5, 5.41) is 2.66. The van der Waals surface area contributed by atoms with E-state index in [1.54, 1.807) is 7.05 Å². The first-order valence-electron chi connectivity index (χ1n) is 4.90. The van der Waals surface area contributed by atoms with E-state index >= 15 is 0 Å². The molecule has 0 aromatic rings. The minimum Gasteiger partial charge on any atom is -0.380 e. The molecule has 3 nitrogen and oxygen atoms in total. The van der Waals surface area contributed by atoms with Gasteiger partial charge in [0.1, 0.15) is 0 Å². The minimum atomic E-state index is -0.371. The van der Waals surface area contributed by atoms with Crippen molar-refractivity contribution in [3.63, 3.8) is 0 Å². The third-order valence-electron chi connectivity index (χ3n) is 2.32. The summed E-state index contributed by atoms with van der Waals surface area (Å²) in [6.07, 6.45) is 1.80. The molecule has 1 atom stereocenters. The number of carbonyl (C=O) groups is 1. The third-order valence-corrected chi connectivity index (χ3v) is 2.32. The van der Waals surface area contributed by atoms with E-state index in [4.69, 9.17) is 4.74 Å². The Bertz CT molecular complexity index is 159. The Labute approximate surface area is 80.8 Å². The molecule has 13 heavy (non-hydrogen) atoms. The lowest BCUT2D eigenvalue weighted by atomic mass is 9.87. The first kappa shape index (κ1) is 12.4. The molecule has 0 heterocycles. The molecule has 1 unspecified atom stereocenters. The van der Waals surface area contributed by atoms with Crippen LogP contribution in [0.5, 0.6) is 0 Å². The van der Waals surface area contributed by atoms with E-state index in [9.17, 15) is 4.79 Å². The van der Waals surface area contributed by atoms with Crippen LogP contribution >= 0.6 is 0 Å². The molecule has 3 heteroatoms. The van der Waals surface area contributed by atoms with E-state index in [1.165, 1.54) is 0 Å². The van der Waals surface area contributed by atoms with Crippen molar-refractivity contribution in [3.8, 4) is 0 Å². The van der Waals surface area contributed by atoms with Crippen LogP contribution in [0.15, 0.2) is 0 Å². The second-order valence-electron chi connectivity index (χ2n) is 3.55. The maximum absolute atomic E-state index is 11.5. The Morgan fingerprint density at radius 1 is 1.46 bits per heavy atom. The smallest absolute Gasteiger partial charge is 0.228 e. The van der Waals surface area contributed by atoms with Gasteiger partial charge in [-0.2, -0.15) is 0 Å². The zero-order valence-corrected chi connectivity index (χ0v) is 9.14. The van der Waals surface area contributed by atoms with Gasteiger partial charge in [-0.05, 0) is 19.8 Å². The van der Waals surface area contributed by atoms with Crippen LogP contribution in [0.4, 0.5) is 0 Å². The van der Waals surface area contributed by atoms with Crippen molar-refractivity contribution in [2.24, 2.45) is 5.41 Å². The van der Waals surface area contributed by atoms with Crippen LogP contribution in [-0.2, 0) is 9.53 Å². The maximum atomic E-state index is 11.5. The molecule has 0 aromatic carbocycles. The van der Waals surface area contributed by atoms with Crippen molar-refractivity contribution >= 4 is 5.91 Å². The second-order valence-corrected chi connectivity index (χ2v) is 3.55. The van der Waals surface area contributed by atoms with E-state index < -0.39 is 0 Å². The number of ether oxygens (including phenoxy) is 1. The van der Waals surface area contributed by atoms with Gasteiger partial charge in [-0.15, -0.1) is 0 Å². The standard InChI is InChI=1S/C10H21NO2/c1-5-7-13-8-10(3,6-2)9(12)11-4/h5-8H2,1-4H3,(H,11,12). The minimum absolute atomic E-state index is 0.0612. The van der Waals surface area contributed by atoms with E-state index in [1.807, 2.05) is 13.8 Å². The molecule has 0 aliphatic carbocycles. The molecule has 0 aromatic heterocycles. The lowest BCUT2D eigenvalue weighted by Gasteiger charge is -2.25. The highest BCUT2D eigenvalue weighted by atomic mass is 16.5. The van der Waals surface area contributed by atoms with Gasteiger partial charge in [0.25, 0.3) is 0 Å². The van der Waals surface area contributed by atoms with Gasteiger partial charge in [0.05, 0.1) is 12.0 Å². The number of hydrogen-bond donors (Lipinski definition) is 1. The number of amides is 1. The molecule has 0 aliphatic heterocycles. The van der Waals surface area contributed by atoms with Crippen LogP contribution in [0.25, 0.3) is 0 Å². The summed E-state index contributed by atoms with van der Waals surface area (Å²) in [5.41, 5.74) is -0.371. The average molecular weight is 187 g/mol. The van der Waals surface area contributed by atoms with Crippen LogP contribution in [-0.4, -0.2) is 26.2 Å². The molecule has 1 amide bonds. The summed E-state index contributed by atoms with van der Waals surface area (Å²) in [6.45, 7) is 7.23. The highest BCUT2D eigenvalue weighted by molar-refractivity contribution is 5.81. The lowest BCUT2D eigenvalue weighted by Crippen LogP contribution is -2.40. The van der Waals surface area contributed by atoms with Gasteiger partial charge in [-0.1, -0.05) is 13.8 Å². The molecule has 0 radical (unpaired) electrons. The highest BCUT2D eigenvalue weighted by Gasteiger charge is 2.30. The molecule has 0 aliphatic rings. The van der Waals surface area contributed by atoms with Crippen LogP contribution in [0.1, 0.15) is 33.6 Å². The zero-order chi connectivity index (χ0) is 10.3. The number of nitrogens with one attached hydrogen (secondary N) is 1. The first-order valence-corrected chi connectivity index (χ1v) is 4.90. The van der Waals surface area contributed by atoms with Crippen LogP contribution in [0.2, 0.25) is 0 Å². The monoisotopic (exact) mass is 187 g/mol. The van der Waals surface area contributed by atoms with Gasteiger partial charge in [0, 0.05) is 13.7 Å². The van der Waals surface area contributed by atoms with Crippen LogP contribution < -0.4 is 5.32 Å². The quantitative estimate of drug-likeness (QED) is 0.641. The first-order chi connectivity index (χ1) is 6.10. The third kappa shape index (κ3) is 3.77. The molecule has 78 valence electrons. The summed E-state index contributed by atoms with van der Waals surface area (Å²) in [7, 11) is 1.66. The SMILES string of the molecule is CCCOCC(C)(CC)C(=O)NC. The molecule has 0 bridgehead atoms. The van der Waals surface area contributed by atoms with Crippen LogP contribution in [0.3, 0.4) is 0 Å². The fourth-order valence-corrected chi connectivity index (χ4v) is 1.07. The Morgan fingerprint density at radius 2 is 2.08 bits per heavy atom. The Balaban J connectivity index is 4.03. The van der Waals surface area contributed by atoms with Crippen molar-refractivity contribution < 1.29 is 9.53 Å². The van der Waals surface area contributed by atoms with Crippen molar-refractivity contribution in [2.75, 3.05) is 20.3 Å². The van der Waals surface area contributed by atoms with E-state index in [0.29, 0.717) is 6.61 Å². The fourth-order valence-electron chi connectivity index (χ4n) is 1.07. The molecule has 0 saturated heterocycles. The van der Waals surface area contributed by atoms with Crippen molar-refractivity contribution in [1.29, 1.82) is 0 Å². The van der Waals surface area contributed by atoms with E-state index in [0.717, 1.165) is 19.4 Å². The van der Waals surface area contributed by atoms with Crippen LogP contribution in [0, 0.1) is 5.41 Å². The summed E-state index contributed by atoms with van der Waals surface area (Å²) in [4.78, 5) is 11.5. The topological polar surface area (TPSA) is 38.3 Å². The maximum Gasteiger partial charge on any atom is 0.228 e. The summed E-state index contributed by atoms with van der Waals surface area (Å²) >= 11 is 0. The molecule has 1 N–H and O–H groups in total. The largest absolute Gasteiger partial charge is 0.380 e. The molecule has 0 spiro atoms. The zero-order valence-electron chi connectivity index (χ0n) is 9.14. The summed E-state index contributed by atoms with van der Waals surface area (Å²) in [6, 6.07) is 0. The fraction of sp³-hybridized carbons (Fsp3) is 0.900. The van der Waals surface area contributed by atoms with Gasteiger partial charge >= 0.3 is 0 Å². The molecule has 0 fully saturated rings. The predicted octanol–water partition coefficient (Wildman–Crippen LogP) is 1.58.